The zero-order valence-corrected chi connectivity index (χ0v) is 11.3. The summed E-state index contributed by atoms with van der Waals surface area (Å²) in [5, 5.41) is 22.3. The molecule has 1 aromatic carbocycles. The van der Waals surface area contributed by atoms with Gasteiger partial charge in [-0.05, 0) is 6.07 Å². The van der Waals surface area contributed by atoms with Crippen LogP contribution in [0.25, 0.3) is 0 Å². The Morgan fingerprint density at radius 1 is 1.55 bits per heavy atom. The number of aromatic hydroxyl groups is 1. The Labute approximate surface area is 118 Å². The number of hydrogen-bond donors (Lipinski definition) is 1. The van der Waals surface area contributed by atoms with Crippen LogP contribution in [0.15, 0.2) is 29.1 Å². The van der Waals surface area contributed by atoms with Gasteiger partial charge in [-0.15, -0.1) is 11.3 Å². The molecule has 1 aromatic heterocycles. The number of para-hydroxylation sites is 1. The van der Waals surface area contributed by atoms with E-state index in [1.165, 1.54) is 28.4 Å². The number of carbonyl (C=O) groups excluding carboxylic acids is 1. The molecule has 0 aliphatic carbocycles. The van der Waals surface area contributed by atoms with Crippen LogP contribution in [0, 0.1) is 10.1 Å². The minimum atomic E-state index is -0.730. The van der Waals surface area contributed by atoms with E-state index in [0.29, 0.717) is 0 Å². The first-order valence-electron chi connectivity index (χ1n) is 5.59. The second kappa shape index (κ2) is 5.66. The third kappa shape index (κ3) is 2.75. The molecule has 0 fully saturated rings. The van der Waals surface area contributed by atoms with Gasteiger partial charge in [0.2, 0.25) is 5.75 Å². The van der Waals surface area contributed by atoms with E-state index in [4.69, 9.17) is 0 Å². The molecule has 7 nitrogen and oxygen atoms in total. The predicted molar refractivity (Wildman–Crippen MR) is 72.7 cm³/mol. The highest BCUT2D eigenvalue weighted by Crippen LogP contribution is 2.30. The summed E-state index contributed by atoms with van der Waals surface area (Å²) < 4.78 is 0. The standard InChI is InChI=1S/C12H11N3O4S/c1-14(5-8-6-20-7-13-8)12(17)9-3-2-4-10(11(9)16)15(18)19/h2-4,6-7,16H,5H2,1H3. The lowest BCUT2D eigenvalue weighted by Crippen LogP contribution is -2.26. The van der Waals surface area contributed by atoms with Crippen LogP contribution in [0.4, 0.5) is 5.69 Å². The van der Waals surface area contributed by atoms with Crippen LogP contribution in [-0.4, -0.2) is 32.9 Å². The molecule has 1 N–H and O–H groups in total. The van der Waals surface area contributed by atoms with E-state index in [-0.39, 0.29) is 12.1 Å². The average molecular weight is 293 g/mol. The highest BCUT2D eigenvalue weighted by atomic mass is 32.1. The van der Waals surface area contributed by atoms with E-state index in [9.17, 15) is 20.0 Å². The highest BCUT2D eigenvalue weighted by Gasteiger charge is 2.23. The Balaban J connectivity index is 2.25. The first-order valence-corrected chi connectivity index (χ1v) is 6.54. The van der Waals surface area contributed by atoms with Gasteiger partial charge in [0.1, 0.15) is 0 Å². The van der Waals surface area contributed by atoms with Crippen molar-refractivity contribution >= 4 is 22.9 Å². The maximum absolute atomic E-state index is 12.2. The van der Waals surface area contributed by atoms with Crippen LogP contribution in [0.2, 0.25) is 0 Å². The van der Waals surface area contributed by atoms with Crippen molar-refractivity contribution in [1.82, 2.24) is 9.88 Å². The summed E-state index contributed by atoms with van der Waals surface area (Å²) >= 11 is 1.41. The minimum Gasteiger partial charge on any atom is -0.502 e. The van der Waals surface area contributed by atoms with Gasteiger partial charge in [-0.1, -0.05) is 6.07 Å². The number of hydrogen-bond acceptors (Lipinski definition) is 6. The van der Waals surface area contributed by atoms with Crippen LogP contribution in [0.1, 0.15) is 16.1 Å². The van der Waals surface area contributed by atoms with E-state index in [2.05, 4.69) is 4.98 Å². The zero-order valence-electron chi connectivity index (χ0n) is 10.5. The molecular formula is C12H11N3O4S. The molecule has 8 heteroatoms. The van der Waals surface area contributed by atoms with Gasteiger partial charge in [-0.3, -0.25) is 14.9 Å². The molecule has 0 aliphatic rings. The highest BCUT2D eigenvalue weighted by molar-refractivity contribution is 7.07. The van der Waals surface area contributed by atoms with Crippen molar-refractivity contribution in [3.63, 3.8) is 0 Å². The fourth-order valence-corrected chi connectivity index (χ4v) is 2.24. The quantitative estimate of drug-likeness (QED) is 0.687. The summed E-state index contributed by atoms with van der Waals surface area (Å²) in [4.78, 5) is 27.6. The molecule has 0 unspecified atom stereocenters. The van der Waals surface area contributed by atoms with Gasteiger partial charge in [0.05, 0.1) is 28.2 Å². The Bertz CT molecular complexity index is 642. The average Bonchev–Trinajstić information content (AvgIpc) is 2.90. The molecule has 20 heavy (non-hydrogen) atoms. The van der Waals surface area contributed by atoms with Gasteiger partial charge in [0.15, 0.2) is 0 Å². The summed E-state index contributed by atoms with van der Waals surface area (Å²) in [7, 11) is 1.54. The maximum atomic E-state index is 12.2. The van der Waals surface area contributed by atoms with Crippen LogP contribution in [0.3, 0.4) is 0 Å². The normalized spacial score (nSPS) is 10.2. The summed E-state index contributed by atoms with van der Waals surface area (Å²) in [6, 6.07) is 3.86. The molecule has 2 rings (SSSR count). The number of phenolic OH excluding ortho intramolecular Hbond substituents is 1. The molecule has 0 saturated carbocycles. The van der Waals surface area contributed by atoms with Gasteiger partial charge in [0.25, 0.3) is 5.91 Å². The van der Waals surface area contributed by atoms with Gasteiger partial charge in [-0.2, -0.15) is 0 Å². The van der Waals surface area contributed by atoms with Crippen molar-refractivity contribution in [2.75, 3.05) is 7.05 Å². The van der Waals surface area contributed by atoms with E-state index in [1.807, 2.05) is 0 Å². The molecule has 0 bridgehead atoms. The number of nitro benzene ring substituents is 1. The lowest BCUT2D eigenvalue weighted by Gasteiger charge is -2.16. The van der Waals surface area contributed by atoms with Gasteiger partial charge < -0.3 is 10.0 Å². The largest absolute Gasteiger partial charge is 0.502 e. The predicted octanol–water partition coefficient (Wildman–Crippen LogP) is 2.03. The van der Waals surface area contributed by atoms with Crippen molar-refractivity contribution in [2.45, 2.75) is 6.54 Å². The van der Waals surface area contributed by atoms with E-state index in [1.54, 1.807) is 17.9 Å². The van der Waals surface area contributed by atoms with Crippen molar-refractivity contribution in [1.29, 1.82) is 0 Å². The van der Waals surface area contributed by atoms with Crippen LogP contribution >= 0.6 is 11.3 Å². The fraction of sp³-hybridized carbons (Fsp3) is 0.167. The number of rotatable bonds is 4. The van der Waals surface area contributed by atoms with Crippen LogP contribution in [0.5, 0.6) is 5.75 Å². The third-order valence-corrected chi connectivity index (χ3v) is 3.31. The second-order valence-electron chi connectivity index (χ2n) is 4.07. The lowest BCUT2D eigenvalue weighted by atomic mass is 10.1. The Morgan fingerprint density at radius 3 is 2.90 bits per heavy atom. The molecule has 0 saturated heterocycles. The zero-order chi connectivity index (χ0) is 14.7. The molecule has 104 valence electrons. The minimum absolute atomic E-state index is 0.100. The van der Waals surface area contributed by atoms with Crippen molar-refractivity contribution < 1.29 is 14.8 Å². The molecule has 1 amide bonds. The van der Waals surface area contributed by atoms with Crippen LogP contribution < -0.4 is 0 Å². The summed E-state index contributed by atoms with van der Waals surface area (Å²) in [5.41, 5.74) is 1.78. The third-order valence-electron chi connectivity index (χ3n) is 2.67. The molecule has 1 heterocycles. The number of nitrogens with zero attached hydrogens (tertiary/aromatic N) is 3. The Morgan fingerprint density at radius 2 is 2.30 bits per heavy atom. The van der Waals surface area contributed by atoms with E-state index < -0.39 is 22.3 Å². The summed E-state index contributed by atoms with van der Waals surface area (Å²) in [6.07, 6.45) is 0. The maximum Gasteiger partial charge on any atom is 0.311 e. The number of carbonyl (C=O) groups is 1. The second-order valence-corrected chi connectivity index (χ2v) is 4.79. The molecule has 0 atom stereocenters. The first-order chi connectivity index (χ1) is 9.50. The van der Waals surface area contributed by atoms with E-state index in [0.717, 1.165) is 11.8 Å². The van der Waals surface area contributed by atoms with Crippen LogP contribution in [-0.2, 0) is 6.54 Å². The topological polar surface area (TPSA) is 96.6 Å². The molecule has 2 aromatic rings. The number of thiazole rings is 1. The fourth-order valence-electron chi connectivity index (χ4n) is 1.69. The summed E-state index contributed by atoms with van der Waals surface area (Å²) in [5.74, 6) is -1.12. The summed E-state index contributed by atoms with van der Waals surface area (Å²) in [6.45, 7) is 0.268. The monoisotopic (exact) mass is 293 g/mol. The number of nitro groups is 1. The SMILES string of the molecule is CN(Cc1cscn1)C(=O)c1cccc([N+](=O)[O-])c1O. The number of benzene rings is 1. The smallest absolute Gasteiger partial charge is 0.311 e. The number of amides is 1. The van der Waals surface area contributed by atoms with Gasteiger partial charge in [-0.25, -0.2) is 4.98 Å². The molecular weight excluding hydrogens is 282 g/mol. The lowest BCUT2D eigenvalue weighted by molar-refractivity contribution is -0.385. The Hall–Kier alpha value is -2.48. The number of aromatic nitrogens is 1. The Kier molecular flexibility index (Phi) is 3.94. The van der Waals surface area contributed by atoms with E-state index >= 15 is 0 Å². The number of phenols is 1. The van der Waals surface area contributed by atoms with Crippen molar-refractivity contribution in [3.8, 4) is 5.75 Å². The molecule has 0 radical (unpaired) electrons. The molecule has 0 spiro atoms. The first kappa shape index (κ1) is 13.9. The van der Waals surface area contributed by atoms with Crippen molar-refractivity contribution in [3.05, 3.63) is 50.5 Å². The van der Waals surface area contributed by atoms with Gasteiger partial charge >= 0.3 is 5.69 Å². The molecule has 0 aliphatic heterocycles. The van der Waals surface area contributed by atoms with Crippen molar-refractivity contribution in [2.24, 2.45) is 0 Å². The van der Waals surface area contributed by atoms with Gasteiger partial charge in [0, 0.05) is 18.5 Å².